The largest absolute Gasteiger partial charge is 0.472 e. The van der Waals surface area contributed by atoms with Gasteiger partial charge in [-0.2, -0.15) is 0 Å². The average Bonchev–Trinajstić information content (AvgIpc) is 3.27. The monoisotopic (exact) mass is 313 g/mol. The Labute approximate surface area is 133 Å². The van der Waals surface area contributed by atoms with Gasteiger partial charge in [0.2, 0.25) is 0 Å². The molecule has 0 spiro atoms. The number of anilines is 1. The zero-order valence-corrected chi connectivity index (χ0v) is 12.8. The quantitative estimate of drug-likeness (QED) is 0.778. The van der Waals surface area contributed by atoms with Crippen LogP contribution in [0.25, 0.3) is 16.9 Å². The summed E-state index contributed by atoms with van der Waals surface area (Å²) in [4.78, 5) is 13.7. The van der Waals surface area contributed by atoms with Crippen molar-refractivity contribution in [1.82, 2.24) is 19.3 Å². The molecule has 0 aromatic carbocycles. The molecule has 1 saturated heterocycles. The number of aromatic nitrogens is 3. The van der Waals surface area contributed by atoms with E-state index in [9.17, 15) is 0 Å². The van der Waals surface area contributed by atoms with Crippen molar-refractivity contribution >= 4 is 11.5 Å². The number of furan rings is 1. The van der Waals surface area contributed by atoms with E-state index in [-0.39, 0.29) is 6.61 Å². The van der Waals surface area contributed by atoms with Gasteiger partial charge in [-0.1, -0.05) is 0 Å². The number of fused-ring (bicyclic) bond motifs is 1. The van der Waals surface area contributed by atoms with E-state index in [1.807, 2.05) is 22.9 Å². The molecule has 0 radical (unpaired) electrons. The predicted molar refractivity (Wildman–Crippen MR) is 86.4 cm³/mol. The highest BCUT2D eigenvalue weighted by Gasteiger charge is 2.21. The topological polar surface area (TPSA) is 70.0 Å². The Morgan fingerprint density at radius 3 is 2.78 bits per heavy atom. The van der Waals surface area contributed by atoms with Crippen LogP contribution in [0.4, 0.5) is 5.82 Å². The summed E-state index contributed by atoms with van der Waals surface area (Å²) in [5.74, 6) is 0.908. The first-order chi connectivity index (χ1) is 11.4. The summed E-state index contributed by atoms with van der Waals surface area (Å²) in [5, 5.41) is 9.05. The van der Waals surface area contributed by atoms with E-state index in [1.54, 1.807) is 18.7 Å². The third-order valence-corrected chi connectivity index (χ3v) is 4.31. The number of β-amino-alcohol motifs (C(OH)–C–C–N with tert-alkyl or cyclic N) is 1. The highest BCUT2D eigenvalue weighted by molar-refractivity contribution is 5.70. The number of hydrogen-bond donors (Lipinski definition) is 1. The highest BCUT2D eigenvalue weighted by Crippen LogP contribution is 2.26. The first-order valence-corrected chi connectivity index (χ1v) is 7.79. The van der Waals surface area contributed by atoms with Crippen molar-refractivity contribution in [2.24, 2.45) is 0 Å². The highest BCUT2D eigenvalue weighted by atomic mass is 16.3. The molecule has 0 atom stereocenters. The Morgan fingerprint density at radius 2 is 2.04 bits per heavy atom. The van der Waals surface area contributed by atoms with E-state index in [0.717, 1.165) is 55.4 Å². The smallest absolute Gasteiger partial charge is 0.180 e. The fraction of sp³-hybridized carbons (Fsp3) is 0.375. The molecule has 1 N–H and O–H groups in total. The number of nitrogens with zero attached hydrogens (tertiary/aromatic N) is 5. The third kappa shape index (κ3) is 2.58. The van der Waals surface area contributed by atoms with Gasteiger partial charge in [0.15, 0.2) is 11.5 Å². The van der Waals surface area contributed by atoms with E-state index in [0.29, 0.717) is 0 Å². The lowest BCUT2D eigenvalue weighted by Gasteiger charge is -2.35. The van der Waals surface area contributed by atoms with E-state index < -0.39 is 0 Å². The van der Waals surface area contributed by atoms with Crippen LogP contribution in [0.5, 0.6) is 0 Å². The maximum atomic E-state index is 9.05. The summed E-state index contributed by atoms with van der Waals surface area (Å²) in [6.07, 6.45) is 8.99. The Bertz CT molecular complexity index is 775. The van der Waals surface area contributed by atoms with Crippen LogP contribution in [0.1, 0.15) is 0 Å². The van der Waals surface area contributed by atoms with Crippen LogP contribution in [0.15, 0.2) is 41.6 Å². The standard InChI is InChI=1S/C16H19N5O2/c22-9-8-19-4-6-20(7-5-19)15-16-17-2-3-21(16)14(11-18-15)13-1-10-23-12-13/h1-3,10-12,22H,4-9H2. The van der Waals surface area contributed by atoms with Crippen molar-refractivity contribution in [3.63, 3.8) is 0 Å². The normalized spacial score (nSPS) is 16.3. The minimum atomic E-state index is 0.210. The number of imidazole rings is 1. The molecule has 0 unspecified atom stereocenters. The maximum absolute atomic E-state index is 9.05. The van der Waals surface area contributed by atoms with Crippen LogP contribution in [-0.4, -0.2) is 63.7 Å². The van der Waals surface area contributed by atoms with Crippen molar-refractivity contribution in [1.29, 1.82) is 0 Å². The SMILES string of the molecule is OCCN1CCN(c2ncc(-c3ccoc3)n3ccnc23)CC1. The van der Waals surface area contributed by atoms with Crippen LogP contribution in [-0.2, 0) is 0 Å². The van der Waals surface area contributed by atoms with Gasteiger partial charge >= 0.3 is 0 Å². The van der Waals surface area contributed by atoms with Gasteiger partial charge in [0, 0.05) is 50.7 Å². The van der Waals surface area contributed by atoms with Gasteiger partial charge in [-0.15, -0.1) is 0 Å². The van der Waals surface area contributed by atoms with Gasteiger partial charge in [-0.3, -0.25) is 9.30 Å². The molecule has 23 heavy (non-hydrogen) atoms. The van der Waals surface area contributed by atoms with E-state index >= 15 is 0 Å². The fourth-order valence-electron chi connectivity index (χ4n) is 3.08. The molecule has 7 heteroatoms. The van der Waals surface area contributed by atoms with Gasteiger partial charge in [-0.05, 0) is 6.07 Å². The van der Waals surface area contributed by atoms with Crippen molar-refractivity contribution in [2.75, 3.05) is 44.2 Å². The number of aliphatic hydroxyl groups is 1. The second-order valence-electron chi connectivity index (χ2n) is 5.65. The van der Waals surface area contributed by atoms with E-state index in [2.05, 4.69) is 19.8 Å². The Morgan fingerprint density at radius 1 is 1.17 bits per heavy atom. The summed E-state index contributed by atoms with van der Waals surface area (Å²) in [6.45, 7) is 4.58. The molecule has 3 aromatic heterocycles. The number of piperazine rings is 1. The van der Waals surface area contributed by atoms with Crippen molar-refractivity contribution in [3.8, 4) is 11.3 Å². The summed E-state index contributed by atoms with van der Waals surface area (Å²) in [6, 6.07) is 1.92. The van der Waals surface area contributed by atoms with Gasteiger partial charge in [0.05, 0.1) is 31.0 Å². The van der Waals surface area contributed by atoms with Crippen LogP contribution in [0.2, 0.25) is 0 Å². The maximum Gasteiger partial charge on any atom is 0.180 e. The molecule has 1 aliphatic heterocycles. The van der Waals surface area contributed by atoms with Crippen molar-refractivity contribution in [2.45, 2.75) is 0 Å². The number of hydrogen-bond acceptors (Lipinski definition) is 6. The minimum absolute atomic E-state index is 0.210. The first-order valence-electron chi connectivity index (χ1n) is 7.79. The summed E-state index contributed by atoms with van der Waals surface area (Å²) in [5.41, 5.74) is 2.81. The number of aliphatic hydroxyl groups excluding tert-OH is 1. The Balaban J connectivity index is 1.65. The lowest BCUT2D eigenvalue weighted by molar-refractivity contribution is 0.188. The molecule has 0 aliphatic carbocycles. The van der Waals surface area contributed by atoms with Crippen molar-refractivity contribution < 1.29 is 9.52 Å². The molecular formula is C16H19N5O2. The van der Waals surface area contributed by atoms with Crippen molar-refractivity contribution in [3.05, 3.63) is 37.2 Å². The molecule has 1 aliphatic rings. The molecule has 1 fully saturated rings. The fourth-order valence-corrected chi connectivity index (χ4v) is 3.08. The molecular weight excluding hydrogens is 294 g/mol. The molecule has 3 aromatic rings. The predicted octanol–water partition coefficient (Wildman–Crippen LogP) is 1.10. The zero-order chi connectivity index (χ0) is 15.6. The third-order valence-electron chi connectivity index (χ3n) is 4.31. The van der Waals surface area contributed by atoms with Gasteiger partial charge < -0.3 is 14.4 Å². The summed E-state index contributed by atoms with van der Waals surface area (Å²) in [7, 11) is 0. The van der Waals surface area contributed by atoms with Gasteiger partial charge in [-0.25, -0.2) is 9.97 Å². The second kappa shape index (κ2) is 6.02. The lowest BCUT2D eigenvalue weighted by atomic mass is 10.2. The number of rotatable bonds is 4. The molecule has 7 nitrogen and oxygen atoms in total. The van der Waals surface area contributed by atoms with Crippen LogP contribution < -0.4 is 4.90 Å². The average molecular weight is 313 g/mol. The molecule has 0 bridgehead atoms. The molecule has 4 rings (SSSR count). The second-order valence-corrected chi connectivity index (χ2v) is 5.65. The Kier molecular flexibility index (Phi) is 3.72. The molecule has 120 valence electrons. The molecule has 0 saturated carbocycles. The Hall–Kier alpha value is -2.38. The zero-order valence-electron chi connectivity index (χ0n) is 12.8. The van der Waals surface area contributed by atoms with Gasteiger partial charge in [0.25, 0.3) is 0 Å². The van der Waals surface area contributed by atoms with Crippen LogP contribution in [0, 0.1) is 0 Å². The molecule has 0 amide bonds. The molecule has 4 heterocycles. The van der Waals surface area contributed by atoms with Gasteiger partial charge in [0.1, 0.15) is 0 Å². The lowest BCUT2D eigenvalue weighted by Crippen LogP contribution is -2.47. The van der Waals surface area contributed by atoms with E-state index in [4.69, 9.17) is 9.52 Å². The first kappa shape index (κ1) is 14.2. The summed E-state index contributed by atoms with van der Waals surface area (Å²) < 4.78 is 7.23. The van der Waals surface area contributed by atoms with Crippen LogP contribution >= 0.6 is 0 Å². The summed E-state index contributed by atoms with van der Waals surface area (Å²) >= 11 is 0. The minimum Gasteiger partial charge on any atom is -0.472 e. The van der Waals surface area contributed by atoms with Crippen LogP contribution in [0.3, 0.4) is 0 Å². The van der Waals surface area contributed by atoms with E-state index in [1.165, 1.54) is 0 Å².